The molecule has 0 aromatic heterocycles. The highest BCUT2D eigenvalue weighted by molar-refractivity contribution is 6.01. The van der Waals surface area contributed by atoms with E-state index in [1.165, 1.54) is 6.07 Å². The lowest BCUT2D eigenvalue weighted by Crippen LogP contribution is -2.49. The number of rotatable bonds is 5. The maximum Gasteiger partial charge on any atom is 0.342 e. The fraction of sp³-hybridized carbons (Fsp3) is 0.250. The summed E-state index contributed by atoms with van der Waals surface area (Å²) in [4.78, 5) is 28.8. The monoisotopic (exact) mass is 420 g/mol. The highest BCUT2D eigenvalue weighted by Gasteiger charge is 2.23. The molecule has 4 rings (SSSR count). The average molecular weight is 420 g/mol. The number of hydrogen-bond donors (Lipinski definition) is 1. The molecular weight excluding hydrogens is 396 g/mol. The van der Waals surface area contributed by atoms with Gasteiger partial charge in [-0.3, -0.25) is 4.79 Å². The van der Waals surface area contributed by atoms with E-state index in [2.05, 4.69) is 4.90 Å². The molecule has 1 aliphatic rings. The molecule has 31 heavy (non-hydrogen) atoms. The molecule has 1 heterocycles. The number of ether oxygens (including phenoxy) is 2. The number of amides is 1. The molecule has 1 amide bonds. The maximum absolute atomic E-state index is 12.5. The van der Waals surface area contributed by atoms with Crippen LogP contribution in [-0.4, -0.2) is 61.8 Å². The third-order valence-corrected chi connectivity index (χ3v) is 5.52. The summed E-state index contributed by atoms with van der Waals surface area (Å²) in [5.41, 5.74) is 1.13. The minimum absolute atomic E-state index is 0.0517. The second-order valence-electron chi connectivity index (χ2n) is 7.32. The van der Waals surface area contributed by atoms with E-state index in [9.17, 15) is 14.7 Å². The van der Waals surface area contributed by atoms with E-state index in [4.69, 9.17) is 9.47 Å². The molecule has 0 radical (unpaired) electrons. The molecule has 1 fully saturated rings. The number of anilines is 1. The summed E-state index contributed by atoms with van der Waals surface area (Å²) >= 11 is 0. The number of fused-ring (bicyclic) bond motifs is 1. The Labute approximate surface area is 180 Å². The highest BCUT2D eigenvalue weighted by Crippen LogP contribution is 2.29. The molecule has 1 aliphatic heterocycles. The van der Waals surface area contributed by atoms with Gasteiger partial charge < -0.3 is 24.4 Å². The Kier molecular flexibility index (Phi) is 5.93. The van der Waals surface area contributed by atoms with Gasteiger partial charge in [0.2, 0.25) is 0 Å². The molecule has 7 nitrogen and oxygen atoms in total. The molecular formula is C24H24N2O5. The summed E-state index contributed by atoms with van der Waals surface area (Å²) < 4.78 is 10.4. The smallest absolute Gasteiger partial charge is 0.342 e. The third-order valence-electron chi connectivity index (χ3n) is 5.52. The lowest BCUT2D eigenvalue weighted by molar-refractivity contribution is -0.134. The van der Waals surface area contributed by atoms with E-state index in [1.54, 1.807) is 30.2 Å². The molecule has 7 heteroatoms. The van der Waals surface area contributed by atoms with Crippen LogP contribution in [0.3, 0.4) is 0 Å². The van der Waals surface area contributed by atoms with E-state index in [0.717, 1.165) is 16.8 Å². The van der Waals surface area contributed by atoms with Gasteiger partial charge in [-0.2, -0.15) is 0 Å². The van der Waals surface area contributed by atoms with Crippen LogP contribution < -0.4 is 9.64 Å². The normalized spacial score (nSPS) is 13.8. The lowest BCUT2D eigenvalue weighted by Gasteiger charge is -2.36. The van der Waals surface area contributed by atoms with Crippen molar-refractivity contribution in [3.8, 4) is 11.5 Å². The van der Waals surface area contributed by atoms with Crippen LogP contribution >= 0.6 is 0 Å². The van der Waals surface area contributed by atoms with Crippen molar-refractivity contribution in [2.24, 2.45) is 0 Å². The van der Waals surface area contributed by atoms with Gasteiger partial charge in [0, 0.05) is 37.3 Å². The van der Waals surface area contributed by atoms with Crippen molar-refractivity contribution in [3.63, 3.8) is 0 Å². The Bertz CT molecular complexity index is 1090. The molecule has 1 saturated heterocycles. The van der Waals surface area contributed by atoms with Crippen molar-refractivity contribution in [2.45, 2.75) is 0 Å². The summed E-state index contributed by atoms with van der Waals surface area (Å²) in [7, 11) is 1.63. The van der Waals surface area contributed by atoms with Gasteiger partial charge in [0.05, 0.1) is 7.11 Å². The van der Waals surface area contributed by atoms with Crippen LogP contribution in [0.2, 0.25) is 0 Å². The predicted octanol–water partition coefficient (Wildman–Crippen LogP) is 3.06. The molecule has 0 atom stereocenters. The number of phenols is 1. The van der Waals surface area contributed by atoms with E-state index in [0.29, 0.717) is 31.6 Å². The summed E-state index contributed by atoms with van der Waals surface area (Å²) in [6.45, 7) is 2.12. The number of carbonyl (C=O) groups is 2. The van der Waals surface area contributed by atoms with Gasteiger partial charge >= 0.3 is 5.97 Å². The van der Waals surface area contributed by atoms with Gasteiger partial charge in [-0.15, -0.1) is 0 Å². The second-order valence-corrected chi connectivity index (χ2v) is 7.32. The predicted molar refractivity (Wildman–Crippen MR) is 118 cm³/mol. The fourth-order valence-corrected chi connectivity index (χ4v) is 3.72. The van der Waals surface area contributed by atoms with Crippen molar-refractivity contribution in [3.05, 3.63) is 66.2 Å². The second kappa shape index (κ2) is 8.95. The topological polar surface area (TPSA) is 79.3 Å². The molecule has 0 aliphatic carbocycles. The number of nitrogens with zero attached hydrogens (tertiary/aromatic N) is 2. The van der Waals surface area contributed by atoms with Crippen molar-refractivity contribution in [1.82, 2.24) is 4.90 Å². The van der Waals surface area contributed by atoms with Gasteiger partial charge in [-0.1, -0.05) is 30.3 Å². The molecule has 3 aromatic rings. The van der Waals surface area contributed by atoms with Crippen molar-refractivity contribution in [1.29, 1.82) is 0 Å². The van der Waals surface area contributed by atoms with E-state index < -0.39 is 5.97 Å². The first-order chi connectivity index (χ1) is 15.1. The zero-order chi connectivity index (χ0) is 21.8. The fourth-order valence-electron chi connectivity index (χ4n) is 3.72. The van der Waals surface area contributed by atoms with E-state index in [-0.39, 0.29) is 23.8 Å². The molecule has 3 aromatic carbocycles. The lowest BCUT2D eigenvalue weighted by atomic mass is 10.1. The number of esters is 1. The maximum atomic E-state index is 12.5. The standard InChI is InChI=1S/C24H24N2O5/c1-30-19-9-7-18(8-10-19)25-12-14-26(15-13-25)22(27)16-31-24(29)21-11-6-17-4-2-3-5-20(17)23(21)28/h2-11,28H,12-16H2,1H3. The number of phenolic OH excluding ortho intramolecular Hbond substituents is 1. The van der Waals surface area contributed by atoms with Gasteiger partial charge in [0.1, 0.15) is 17.1 Å². The minimum atomic E-state index is -0.714. The van der Waals surface area contributed by atoms with Crippen molar-refractivity contribution >= 4 is 28.3 Å². The minimum Gasteiger partial charge on any atom is -0.506 e. The van der Waals surface area contributed by atoms with Crippen LogP contribution in [0.15, 0.2) is 60.7 Å². The van der Waals surface area contributed by atoms with Crippen molar-refractivity contribution < 1.29 is 24.2 Å². The van der Waals surface area contributed by atoms with Gasteiger partial charge in [0.15, 0.2) is 6.61 Å². The Morgan fingerprint density at radius 3 is 2.35 bits per heavy atom. The number of aromatic hydroxyl groups is 1. The number of hydrogen-bond acceptors (Lipinski definition) is 6. The van der Waals surface area contributed by atoms with Crippen LogP contribution in [0.4, 0.5) is 5.69 Å². The Hall–Kier alpha value is -3.74. The molecule has 0 spiro atoms. The van der Waals surface area contributed by atoms with E-state index in [1.807, 2.05) is 36.4 Å². The van der Waals surface area contributed by atoms with Gasteiger partial charge in [-0.25, -0.2) is 4.79 Å². The summed E-state index contributed by atoms with van der Waals surface area (Å²) in [5.74, 6) is -0.294. The largest absolute Gasteiger partial charge is 0.506 e. The van der Waals surface area contributed by atoms with Crippen LogP contribution in [0, 0.1) is 0 Å². The summed E-state index contributed by atoms with van der Waals surface area (Å²) in [6, 6.07) is 18.3. The first kappa shape index (κ1) is 20.5. The molecule has 0 saturated carbocycles. The van der Waals surface area contributed by atoms with Gasteiger partial charge in [-0.05, 0) is 35.7 Å². The molecule has 0 bridgehead atoms. The Balaban J connectivity index is 1.31. The zero-order valence-electron chi connectivity index (χ0n) is 17.3. The summed E-state index contributed by atoms with van der Waals surface area (Å²) in [5, 5.41) is 11.8. The first-order valence-corrected chi connectivity index (χ1v) is 10.1. The Morgan fingerprint density at radius 2 is 1.65 bits per heavy atom. The van der Waals surface area contributed by atoms with Crippen LogP contribution in [0.5, 0.6) is 11.5 Å². The summed E-state index contributed by atoms with van der Waals surface area (Å²) in [6.07, 6.45) is 0. The Morgan fingerprint density at radius 1 is 0.935 bits per heavy atom. The zero-order valence-corrected chi connectivity index (χ0v) is 17.3. The number of benzene rings is 3. The highest BCUT2D eigenvalue weighted by atomic mass is 16.5. The SMILES string of the molecule is COc1ccc(N2CCN(C(=O)COC(=O)c3ccc4ccccc4c3O)CC2)cc1. The first-order valence-electron chi connectivity index (χ1n) is 10.1. The van der Waals surface area contributed by atoms with E-state index >= 15 is 0 Å². The quantitative estimate of drug-likeness (QED) is 0.639. The number of methoxy groups -OCH3 is 1. The van der Waals surface area contributed by atoms with Crippen molar-refractivity contribution in [2.75, 3.05) is 44.8 Å². The van der Waals surface area contributed by atoms with Crippen LogP contribution in [0.25, 0.3) is 10.8 Å². The molecule has 1 N–H and O–H groups in total. The van der Waals surface area contributed by atoms with Crippen LogP contribution in [-0.2, 0) is 9.53 Å². The third kappa shape index (κ3) is 4.40. The number of piperazine rings is 1. The molecule has 0 unspecified atom stereocenters. The molecule has 160 valence electrons. The average Bonchev–Trinajstić information content (AvgIpc) is 2.83. The van der Waals surface area contributed by atoms with Gasteiger partial charge in [0.25, 0.3) is 5.91 Å². The van der Waals surface area contributed by atoms with Crippen LogP contribution in [0.1, 0.15) is 10.4 Å². The number of carbonyl (C=O) groups excluding carboxylic acids is 2.